The second-order valence-corrected chi connectivity index (χ2v) is 8.94. The fraction of sp³-hybridized carbons (Fsp3) is 0.458. The standard InChI is InChI=1S/C24H31Cl2N3O3/c1-27-19-9-10-29(15-19)16-23(18-4-6-20(7-5-18)32-12-11-30)28(2)24(31)14-17-3-8-21(25)22(26)13-17/h3-8,13,19,23,27,30H,9-12,14-16H2,1-2H3/t19-,23?/m0/s1. The number of aliphatic hydroxyl groups is 1. The monoisotopic (exact) mass is 479 g/mol. The molecule has 1 aliphatic rings. The number of carbonyl (C=O) groups is 1. The van der Waals surface area contributed by atoms with Crippen LogP contribution in [-0.2, 0) is 11.2 Å². The Kier molecular flexibility index (Phi) is 9.20. The summed E-state index contributed by atoms with van der Waals surface area (Å²) < 4.78 is 5.49. The van der Waals surface area contributed by atoms with E-state index in [-0.39, 0.29) is 31.6 Å². The molecule has 0 spiro atoms. The Morgan fingerprint density at radius 2 is 2.00 bits per heavy atom. The lowest BCUT2D eigenvalue weighted by atomic mass is 10.0. The molecule has 2 aromatic carbocycles. The number of hydrogen-bond donors (Lipinski definition) is 2. The number of carbonyl (C=O) groups excluding carboxylic acids is 1. The van der Waals surface area contributed by atoms with E-state index >= 15 is 0 Å². The van der Waals surface area contributed by atoms with Gasteiger partial charge in [0.05, 0.1) is 29.1 Å². The summed E-state index contributed by atoms with van der Waals surface area (Å²) >= 11 is 12.1. The van der Waals surface area contributed by atoms with E-state index in [1.807, 2.05) is 49.3 Å². The highest BCUT2D eigenvalue weighted by Crippen LogP contribution is 2.27. The Labute approximate surface area is 200 Å². The Morgan fingerprint density at radius 3 is 2.62 bits per heavy atom. The second-order valence-electron chi connectivity index (χ2n) is 8.12. The Morgan fingerprint density at radius 1 is 1.25 bits per heavy atom. The van der Waals surface area contributed by atoms with Gasteiger partial charge in [0, 0.05) is 26.2 Å². The van der Waals surface area contributed by atoms with Gasteiger partial charge in [-0.05, 0) is 55.4 Å². The van der Waals surface area contributed by atoms with Crippen molar-refractivity contribution in [3.63, 3.8) is 0 Å². The minimum atomic E-state index is -0.104. The van der Waals surface area contributed by atoms with Crippen LogP contribution in [0.1, 0.15) is 23.6 Å². The molecule has 3 rings (SSSR count). The first-order valence-electron chi connectivity index (χ1n) is 10.8. The lowest BCUT2D eigenvalue weighted by molar-refractivity contribution is -0.131. The molecule has 2 aromatic rings. The van der Waals surface area contributed by atoms with E-state index in [1.165, 1.54) is 0 Å². The van der Waals surface area contributed by atoms with E-state index in [1.54, 1.807) is 12.1 Å². The van der Waals surface area contributed by atoms with Crippen LogP contribution in [-0.4, -0.2) is 73.8 Å². The molecule has 0 aromatic heterocycles. The number of likely N-dealkylation sites (tertiary alicyclic amines) is 1. The zero-order valence-corrected chi connectivity index (χ0v) is 20.1. The van der Waals surface area contributed by atoms with Crippen molar-refractivity contribution in [1.29, 1.82) is 0 Å². The number of nitrogens with one attached hydrogen (secondary N) is 1. The lowest BCUT2D eigenvalue weighted by Crippen LogP contribution is -2.40. The van der Waals surface area contributed by atoms with Crippen LogP contribution in [0, 0.1) is 0 Å². The van der Waals surface area contributed by atoms with Crippen LogP contribution < -0.4 is 10.1 Å². The first kappa shape index (κ1) is 24.8. The molecule has 1 heterocycles. The van der Waals surface area contributed by atoms with Gasteiger partial charge in [-0.2, -0.15) is 0 Å². The van der Waals surface area contributed by atoms with Gasteiger partial charge < -0.3 is 20.1 Å². The first-order chi connectivity index (χ1) is 15.4. The molecule has 0 radical (unpaired) electrons. The highest BCUT2D eigenvalue weighted by molar-refractivity contribution is 6.42. The SMILES string of the molecule is CN[C@H]1CCN(CC(c2ccc(OCCO)cc2)N(C)C(=O)Cc2ccc(Cl)c(Cl)c2)C1. The van der Waals surface area contributed by atoms with Crippen LogP contribution in [0.5, 0.6) is 5.75 Å². The molecule has 2 N–H and O–H groups in total. The summed E-state index contributed by atoms with van der Waals surface area (Å²) in [7, 11) is 3.84. The van der Waals surface area contributed by atoms with Crippen molar-refractivity contribution in [3.8, 4) is 5.75 Å². The summed E-state index contributed by atoms with van der Waals surface area (Å²) in [5.74, 6) is 0.709. The number of aliphatic hydroxyl groups excluding tert-OH is 1. The molecule has 6 nitrogen and oxygen atoms in total. The second kappa shape index (κ2) is 11.9. The quantitative estimate of drug-likeness (QED) is 0.546. The van der Waals surface area contributed by atoms with Gasteiger partial charge in [0.1, 0.15) is 12.4 Å². The molecule has 0 saturated carbocycles. The minimum absolute atomic E-state index is 0.0124. The van der Waals surface area contributed by atoms with Gasteiger partial charge in [-0.3, -0.25) is 9.69 Å². The molecule has 1 saturated heterocycles. The number of rotatable bonds is 10. The summed E-state index contributed by atoms with van der Waals surface area (Å²) in [5, 5.41) is 13.2. The van der Waals surface area contributed by atoms with Crippen molar-refractivity contribution in [1.82, 2.24) is 15.1 Å². The van der Waals surface area contributed by atoms with Crippen molar-refractivity contribution in [2.75, 3.05) is 46.9 Å². The van der Waals surface area contributed by atoms with Gasteiger partial charge in [-0.1, -0.05) is 41.4 Å². The number of amides is 1. The third-order valence-corrected chi connectivity index (χ3v) is 6.68. The van der Waals surface area contributed by atoms with Crippen LogP contribution in [0.25, 0.3) is 0 Å². The molecule has 0 aliphatic carbocycles. The van der Waals surface area contributed by atoms with E-state index in [2.05, 4.69) is 10.2 Å². The summed E-state index contributed by atoms with van der Waals surface area (Å²) in [5.41, 5.74) is 1.87. The van der Waals surface area contributed by atoms with Crippen LogP contribution in [0.3, 0.4) is 0 Å². The molecular formula is C24H31Cl2N3O3. The number of nitrogens with zero attached hydrogens (tertiary/aromatic N) is 2. The van der Waals surface area contributed by atoms with E-state index < -0.39 is 0 Å². The van der Waals surface area contributed by atoms with Crippen LogP contribution in [0.2, 0.25) is 10.0 Å². The smallest absolute Gasteiger partial charge is 0.227 e. The maximum Gasteiger partial charge on any atom is 0.227 e. The first-order valence-corrected chi connectivity index (χ1v) is 11.6. The van der Waals surface area contributed by atoms with Gasteiger partial charge in [0.15, 0.2) is 0 Å². The third-order valence-electron chi connectivity index (χ3n) is 5.94. The molecule has 8 heteroatoms. The van der Waals surface area contributed by atoms with Crippen molar-refractivity contribution >= 4 is 29.1 Å². The molecule has 1 aliphatic heterocycles. The molecule has 1 fully saturated rings. The van der Waals surface area contributed by atoms with Gasteiger partial charge in [0.2, 0.25) is 5.91 Å². The summed E-state index contributed by atoms with van der Waals surface area (Å²) in [6.07, 6.45) is 1.35. The van der Waals surface area contributed by atoms with Crippen molar-refractivity contribution in [2.45, 2.75) is 24.9 Å². The molecule has 1 unspecified atom stereocenters. The van der Waals surface area contributed by atoms with E-state index in [0.29, 0.717) is 21.8 Å². The highest BCUT2D eigenvalue weighted by Gasteiger charge is 2.28. The van der Waals surface area contributed by atoms with Crippen LogP contribution >= 0.6 is 23.2 Å². The van der Waals surface area contributed by atoms with Crippen molar-refractivity contribution in [2.24, 2.45) is 0 Å². The average molecular weight is 480 g/mol. The van der Waals surface area contributed by atoms with E-state index in [0.717, 1.165) is 37.2 Å². The lowest BCUT2D eigenvalue weighted by Gasteiger charge is -2.32. The predicted octanol–water partition coefficient (Wildman–Crippen LogP) is 3.40. The highest BCUT2D eigenvalue weighted by atomic mass is 35.5. The Bertz CT molecular complexity index is 895. The zero-order chi connectivity index (χ0) is 23.1. The largest absolute Gasteiger partial charge is 0.491 e. The fourth-order valence-electron chi connectivity index (χ4n) is 4.00. The number of ether oxygens (including phenoxy) is 1. The maximum absolute atomic E-state index is 13.2. The number of halogens is 2. The maximum atomic E-state index is 13.2. The van der Waals surface area contributed by atoms with Gasteiger partial charge in [-0.15, -0.1) is 0 Å². The normalized spacial score (nSPS) is 17.3. The van der Waals surface area contributed by atoms with Gasteiger partial charge >= 0.3 is 0 Å². The zero-order valence-electron chi connectivity index (χ0n) is 18.6. The summed E-state index contributed by atoms with van der Waals surface area (Å²) in [6, 6.07) is 13.4. The van der Waals surface area contributed by atoms with E-state index in [4.69, 9.17) is 33.0 Å². The predicted molar refractivity (Wildman–Crippen MR) is 129 cm³/mol. The number of hydrogen-bond acceptors (Lipinski definition) is 5. The number of likely N-dealkylation sites (N-methyl/N-ethyl adjacent to an activating group) is 2. The van der Waals surface area contributed by atoms with Gasteiger partial charge in [0.25, 0.3) is 0 Å². The summed E-state index contributed by atoms with van der Waals surface area (Å²) in [6.45, 7) is 2.93. The molecular weight excluding hydrogens is 449 g/mol. The topological polar surface area (TPSA) is 65.0 Å². The van der Waals surface area contributed by atoms with Crippen LogP contribution in [0.4, 0.5) is 0 Å². The number of benzene rings is 2. The fourth-order valence-corrected chi connectivity index (χ4v) is 4.32. The Hall–Kier alpha value is -1.83. The average Bonchev–Trinajstić information content (AvgIpc) is 3.26. The molecule has 32 heavy (non-hydrogen) atoms. The van der Waals surface area contributed by atoms with Gasteiger partial charge in [-0.25, -0.2) is 0 Å². The van der Waals surface area contributed by atoms with Crippen LogP contribution in [0.15, 0.2) is 42.5 Å². The van der Waals surface area contributed by atoms with Crippen molar-refractivity contribution < 1.29 is 14.6 Å². The molecule has 174 valence electrons. The molecule has 0 bridgehead atoms. The third kappa shape index (κ3) is 6.59. The van der Waals surface area contributed by atoms with E-state index in [9.17, 15) is 4.79 Å². The molecule has 1 amide bonds. The minimum Gasteiger partial charge on any atom is -0.491 e. The van der Waals surface area contributed by atoms with Crippen molar-refractivity contribution in [3.05, 3.63) is 63.6 Å². The Balaban J connectivity index is 1.77. The molecule has 2 atom stereocenters. The summed E-state index contributed by atoms with van der Waals surface area (Å²) in [4.78, 5) is 17.4.